The van der Waals surface area contributed by atoms with Crippen LogP contribution in [0.15, 0.2) is 24.3 Å². The van der Waals surface area contributed by atoms with Crippen LogP contribution in [0.5, 0.6) is 0 Å². The Morgan fingerprint density at radius 1 is 1.43 bits per heavy atom. The summed E-state index contributed by atoms with van der Waals surface area (Å²) in [6, 6.07) is 10.6. The smallest absolute Gasteiger partial charge is 0.0633 e. The maximum absolute atomic E-state index is 8.53. The highest BCUT2D eigenvalue weighted by atomic mass is 32.2. The van der Waals surface area contributed by atoms with Gasteiger partial charge in [0.25, 0.3) is 0 Å². The molecule has 1 aromatic carbocycles. The fraction of sp³-hybridized carbons (Fsp3) is 0.417. The second-order valence-corrected chi connectivity index (χ2v) is 4.84. The van der Waals surface area contributed by atoms with Crippen molar-refractivity contribution in [3.05, 3.63) is 35.4 Å². The van der Waals surface area contributed by atoms with E-state index in [1.165, 1.54) is 11.1 Å². The van der Waals surface area contributed by atoms with Crippen molar-refractivity contribution in [1.29, 1.82) is 5.26 Å². The SMILES string of the molecule is Cc1ccccc1CSC(C)CC#N. The van der Waals surface area contributed by atoms with Gasteiger partial charge in [-0.1, -0.05) is 31.2 Å². The molecule has 0 aliphatic heterocycles. The molecule has 1 atom stereocenters. The molecule has 74 valence electrons. The Balaban J connectivity index is 2.46. The van der Waals surface area contributed by atoms with E-state index in [1.807, 2.05) is 11.8 Å². The summed E-state index contributed by atoms with van der Waals surface area (Å²) in [7, 11) is 0. The van der Waals surface area contributed by atoms with Gasteiger partial charge in [0.05, 0.1) is 6.07 Å². The summed E-state index contributed by atoms with van der Waals surface area (Å²) in [4.78, 5) is 0. The lowest BCUT2D eigenvalue weighted by Crippen LogP contribution is -1.95. The largest absolute Gasteiger partial charge is 0.198 e. The van der Waals surface area contributed by atoms with Crippen molar-refractivity contribution in [2.24, 2.45) is 0 Å². The Labute approximate surface area is 90.1 Å². The van der Waals surface area contributed by atoms with Crippen molar-refractivity contribution < 1.29 is 0 Å². The highest BCUT2D eigenvalue weighted by Gasteiger charge is 2.03. The molecule has 2 heteroatoms. The van der Waals surface area contributed by atoms with Gasteiger partial charge in [-0.05, 0) is 18.1 Å². The van der Waals surface area contributed by atoms with E-state index in [9.17, 15) is 0 Å². The van der Waals surface area contributed by atoms with E-state index in [2.05, 4.69) is 44.2 Å². The monoisotopic (exact) mass is 205 g/mol. The van der Waals surface area contributed by atoms with Gasteiger partial charge in [0.2, 0.25) is 0 Å². The van der Waals surface area contributed by atoms with E-state index >= 15 is 0 Å². The lowest BCUT2D eigenvalue weighted by molar-refractivity contribution is 0.988. The summed E-state index contributed by atoms with van der Waals surface area (Å²) in [5, 5.41) is 8.96. The Kier molecular flexibility index (Phi) is 4.55. The van der Waals surface area contributed by atoms with Crippen LogP contribution in [0.1, 0.15) is 24.5 Å². The lowest BCUT2D eigenvalue weighted by Gasteiger charge is -2.08. The van der Waals surface area contributed by atoms with Crippen LogP contribution >= 0.6 is 11.8 Å². The molecule has 0 fully saturated rings. The molecule has 0 heterocycles. The first-order chi connectivity index (χ1) is 6.74. The molecular formula is C12H15NS. The van der Waals surface area contributed by atoms with E-state index in [0.29, 0.717) is 11.7 Å². The predicted molar refractivity (Wildman–Crippen MR) is 62.2 cm³/mol. The number of hydrogen-bond donors (Lipinski definition) is 0. The van der Waals surface area contributed by atoms with Crippen molar-refractivity contribution in [1.82, 2.24) is 0 Å². The van der Waals surface area contributed by atoms with E-state index < -0.39 is 0 Å². The summed E-state index contributed by atoms with van der Waals surface area (Å²) < 4.78 is 0. The minimum absolute atomic E-state index is 0.430. The van der Waals surface area contributed by atoms with Crippen molar-refractivity contribution in [2.75, 3.05) is 0 Å². The number of benzene rings is 1. The van der Waals surface area contributed by atoms with Crippen LogP contribution in [-0.4, -0.2) is 5.25 Å². The van der Waals surface area contributed by atoms with Gasteiger partial charge >= 0.3 is 0 Å². The minimum Gasteiger partial charge on any atom is -0.198 e. The minimum atomic E-state index is 0.430. The molecule has 1 rings (SSSR count). The third-order valence-electron chi connectivity index (χ3n) is 2.16. The van der Waals surface area contributed by atoms with Gasteiger partial charge < -0.3 is 0 Å². The highest BCUT2D eigenvalue weighted by Crippen LogP contribution is 2.21. The molecule has 1 unspecified atom stereocenters. The molecule has 0 aliphatic rings. The van der Waals surface area contributed by atoms with Gasteiger partial charge in [-0.3, -0.25) is 0 Å². The van der Waals surface area contributed by atoms with Crippen molar-refractivity contribution >= 4 is 11.8 Å². The Bertz CT molecular complexity index is 327. The van der Waals surface area contributed by atoms with Gasteiger partial charge in [-0.15, -0.1) is 0 Å². The third-order valence-corrected chi connectivity index (χ3v) is 3.38. The maximum atomic E-state index is 8.53. The van der Waals surface area contributed by atoms with Gasteiger partial charge in [0.15, 0.2) is 0 Å². The third kappa shape index (κ3) is 3.43. The predicted octanol–water partition coefficient (Wildman–Crippen LogP) is 3.53. The second kappa shape index (κ2) is 5.72. The molecular weight excluding hydrogens is 190 g/mol. The standard InChI is InChI=1S/C12H15NS/c1-10-5-3-4-6-12(10)9-14-11(2)7-8-13/h3-6,11H,7,9H2,1-2H3. The number of hydrogen-bond acceptors (Lipinski definition) is 2. The zero-order valence-corrected chi connectivity index (χ0v) is 9.47. The Morgan fingerprint density at radius 2 is 2.14 bits per heavy atom. The summed E-state index contributed by atoms with van der Waals surface area (Å²) in [6.45, 7) is 4.23. The summed E-state index contributed by atoms with van der Waals surface area (Å²) in [5.74, 6) is 1.01. The van der Waals surface area contributed by atoms with E-state index in [-0.39, 0.29) is 0 Å². The summed E-state index contributed by atoms with van der Waals surface area (Å²) >= 11 is 1.85. The zero-order chi connectivity index (χ0) is 10.4. The van der Waals surface area contributed by atoms with Gasteiger partial charge in [0, 0.05) is 17.4 Å². The normalized spacial score (nSPS) is 12.1. The highest BCUT2D eigenvalue weighted by molar-refractivity contribution is 7.99. The molecule has 0 N–H and O–H groups in total. The van der Waals surface area contributed by atoms with Crippen molar-refractivity contribution in [3.63, 3.8) is 0 Å². The fourth-order valence-electron chi connectivity index (χ4n) is 1.19. The topological polar surface area (TPSA) is 23.8 Å². The van der Waals surface area contributed by atoms with Gasteiger partial charge in [-0.2, -0.15) is 17.0 Å². The van der Waals surface area contributed by atoms with Crippen LogP contribution in [0.3, 0.4) is 0 Å². The van der Waals surface area contributed by atoms with Crippen LogP contribution in [0.25, 0.3) is 0 Å². The van der Waals surface area contributed by atoms with Crippen molar-refractivity contribution in [3.8, 4) is 6.07 Å². The molecule has 0 saturated carbocycles. The maximum Gasteiger partial charge on any atom is 0.0633 e. The van der Waals surface area contributed by atoms with Crippen LogP contribution < -0.4 is 0 Å². The molecule has 0 aromatic heterocycles. The first-order valence-electron chi connectivity index (χ1n) is 4.77. The van der Waals surface area contributed by atoms with Crippen molar-refractivity contribution in [2.45, 2.75) is 31.3 Å². The molecule has 0 radical (unpaired) electrons. The molecule has 14 heavy (non-hydrogen) atoms. The number of nitriles is 1. The van der Waals surface area contributed by atoms with E-state index in [0.717, 1.165) is 5.75 Å². The average Bonchev–Trinajstić information content (AvgIpc) is 2.17. The summed E-state index contributed by atoms with van der Waals surface area (Å²) in [6.07, 6.45) is 0.635. The molecule has 0 amide bonds. The fourth-order valence-corrected chi connectivity index (χ4v) is 2.17. The number of rotatable bonds is 4. The molecule has 0 saturated heterocycles. The molecule has 1 nitrogen and oxygen atoms in total. The molecule has 1 aromatic rings. The summed E-state index contributed by atoms with van der Waals surface area (Å²) in [5.41, 5.74) is 2.71. The Morgan fingerprint density at radius 3 is 2.79 bits per heavy atom. The first kappa shape index (κ1) is 11.1. The number of aryl methyl sites for hydroxylation is 1. The van der Waals surface area contributed by atoms with E-state index in [4.69, 9.17) is 5.26 Å². The zero-order valence-electron chi connectivity index (χ0n) is 8.66. The Hall–Kier alpha value is -0.940. The van der Waals surface area contributed by atoms with Crippen LogP contribution in [0.2, 0.25) is 0 Å². The van der Waals surface area contributed by atoms with Crippen LogP contribution in [-0.2, 0) is 5.75 Å². The second-order valence-electron chi connectivity index (χ2n) is 3.41. The number of nitrogens with zero attached hydrogens (tertiary/aromatic N) is 1. The van der Waals surface area contributed by atoms with Crippen LogP contribution in [0, 0.1) is 18.3 Å². The van der Waals surface area contributed by atoms with Gasteiger partial charge in [0.1, 0.15) is 0 Å². The quantitative estimate of drug-likeness (QED) is 0.750. The first-order valence-corrected chi connectivity index (χ1v) is 5.82. The molecule has 0 bridgehead atoms. The lowest BCUT2D eigenvalue weighted by atomic mass is 10.1. The van der Waals surface area contributed by atoms with Gasteiger partial charge in [-0.25, -0.2) is 0 Å². The van der Waals surface area contributed by atoms with E-state index in [1.54, 1.807) is 0 Å². The van der Waals surface area contributed by atoms with Crippen LogP contribution in [0.4, 0.5) is 0 Å². The molecule has 0 aliphatic carbocycles. The molecule has 0 spiro atoms. The number of thioether (sulfide) groups is 1. The average molecular weight is 205 g/mol.